The molecule has 0 heterocycles. The molecule has 0 saturated heterocycles. The van der Waals surface area contributed by atoms with Gasteiger partial charge in [0.2, 0.25) is 10.0 Å². The lowest BCUT2D eigenvalue weighted by Crippen LogP contribution is -2.39. The third-order valence-electron chi connectivity index (χ3n) is 3.03. The fraction of sp³-hybridized carbons (Fsp3) is 0.500. The average Bonchev–Trinajstić information content (AvgIpc) is 2.38. The molecule has 1 aromatic carbocycles. The minimum absolute atomic E-state index is 0.108. The third-order valence-corrected chi connectivity index (χ3v) is 5.14. The highest BCUT2D eigenvalue weighted by molar-refractivity contribution is 7.89. The second-order valence-corrected chi connectivity index (χ2v) is 7.95. The van der Waals surface area contributed by atoms with Crippen LogP contribution in [0.4, 0.5) is 5.69 Å². The maximum atomic E-state index is 12.4. The highest BCUT2D eigenvalue weighted by Gasteiger charge is 2.28. The van der Waals surface area contributed by atoms with Gasteiger partial charge in [0.1, 0.15) is 5.02 Å². The second-order valence-electron chi connectivity index (χ2n) is 5.50. The smallest absolute Gasteiger partial charge is 0.289 e. The molecule has 9 heteroatoms. The molecule has 0 aliphatic carbocycles. The monoisotopic (exact) mass is 335 g/mol. The highest BCUT2D eigenvalue weighted by atomic mass is 35.5. The molecular formula is C12H18ClN3O4S. The lowest BCUT2D eigenvalue weighted by atomic mass is 9.94. The normalized spacial score (nSPS) is 12.7. The molecule has 1 rings (SSSR count). The van der Waals surface area contributed by atoms with Crippen molar-refractivity contribution >= 4 is 27.3 Å². The van der Waals surface area contributed by atoms with Crippen molar-refractivity contribution in [2.75, 3.05) is 20.1 Å². The Morgan fingerprint density at radius 2 is 2.00 bits per heavy atom. The molecule has 2 N–H and O–H groups in total. The average molecular weight is 336 g/mol. The standard InChI is InChI=1S/C12H18ClN3O4S/c1-12(2,7-14)8-15(3)21(19,20)9-4-5-10(13)11(6-9)16(17)18/h4-6H,7-8,14H2,1-3H3. The fourth-order valence-electron chi connectivity index (χ4n) is 1.73. The Morgan fingerprint density at radius 1 is 1.43 bits per heavy atom. The Hall–Kier alpha value is -1.22. The number of nitrogens with zero attached hydrogens (tertiary/aromatic N) is 2. The van der Waals surface area contributed by atoms with Crippen molar-refractivity contribution in [3.63, 3.8) is 0 Å². The van der Waals surface area contributed by atoms with Crippen LogP contribution in [0.25, 0.3) is 0 Å². The Morgan fingerprint density at radius 3 is 2.48 bits per heavy atom. The molecule has 0 bridgehead atoms. The summed E-state index contributed by atoms with van der Waals surface area (Å²) in [5, 5.41) is 10.7. The molecule has 0 aliphatic heterocycles. The van der Waals surface area contributed by atoms with E-state index >= 15 is 0 Å². The molecule has 0 aliphatic rings. The molecule has 0 saturated carbocycles. The van der Waals surface area contributed by atoms with Crippen molar-refractivity contribution in [3.8, 4) is 0 Å². The molecule has 0 amide bonds. The van der Waals surface area contributed by atoms with Gasteiger partial charge in [-0.05, 0) is 24.1 Å². The van der Waals surface area contributed by atoms with Gasteiger partial charge in [-0.15, -0.1) is 0 Å². The van der Waals surface area contributed by atoms with E-state index in [-0.39, 0.29) is 16.5 Å². The van der Waals surface area contributed by atoms with Gasteiger partial charge in [0.15, 0.2) is 0 Å². The number of rotatable bonds is 6. The maximum absolute atomic E-state index is 12.4. The number of hydrogen-bond acceptors (Lipinski definition) is 5. The van der Waals surface area contributed by atoms with E-state index in [2.05, 4.69) is 0 Å². The molecule has 0 unspecified atom stereocenters. The van der Waals surface area contributed by atoms with Gasteiger partial charge in [0, 0.05) is 19.7 Å². The minimum Gasteiger partial charge on any atom is -0.330 e. The summed E-state index contributed by atoms with van der Waals surface area (Å²) in [6, 6.07) is 3.41. The first-order valence-corrected chi connectivity index (χ1v) is 7.93. The minimum atomic E-state index is -3.84. The van der Waals surface area contributed by atoms with E-state index < -0.39 is 26.0 Å². The number of benzene rings is 1. The van der Waals surface area contributed by atoms with Crippen LogP contribution in [0.3, 0.4) is 0 Å². The van der Waals surface area contributed by atoms with E-state index in [1.165, 1.54) is 19.2 Å². The molecule has 0 spiro atoms. The van der Waals surface area contributed by atoms with Crippen LogP contribution in [-0.2, 0) is 10.0 Å². The molecule has 21 heavy (non-hydrogen) atoms. The molecule has 0 aromatic heterocycles. The van der Waals surface area contributed by atoms with E-state index in [0.717, 1.165) is 10.4 Å². The summed E-state index contributed by atoms with van der Waals surface area (Å²) in [6.45, 7) is 4.18. The quantitative estimate of drug-likeness (QED) is 0.630. The SMILES string of the molecule is CN(CC(C)(C)CN)S(=O)(=O)c1ccc(Cl)c([N+](=O)[O-])c1. The predicted molar refractivity (Wildman–Crippen MR) is 80.8 cm³/mol. The first-order valence-electron chi connectivity index (χ1n) is 6.11. The molecular weight excluding hydrogens is 318 g/mol. The summed E-state index contributed by atoms with van der Waals surface area (Å²) in [5.41, 5.74) is 4.75. The van der Waals surface area contributed by atoms with Crippen LogP contribution >= 0.6 is 11.6 Å². The lowest BCUT2D eigenvalue weighted by Gasteiger charge is -2.28. The van der Waals surface area contributed by atoms with Gasteiger partial charge in [-0.1, -0.05) is 25.4 Å². The Labute approximate surface area is 128 Å². The summed E-state index contributed by atoms with van der Waals surface area (Å²) in [7, 11) is -2.43. The van der Waals surface area contributed by atoms with Gasteiger partial charge < -0.3 is 5.73 Å². The van der Waals surface area contributed by atoms with E-state index in [0.29, 0.717) is 6.54 Å². The van der Waals surface area contributed by atoms with Crippen LogP contribution in [0.1, 0.15) is 13.8 Å². The van der Waals surface area contributed by atoms with E-state index in [9.17, 15) is 18.5 Å². The van der Waals surface area contributed by atoms with Crippen molar-refractivity contribution in [3.05, 3.63) is 33.3 Å². The van der Waals surface area contributed by atoms with Gasteiger partial charge in [0.25, 0.3) is 5.69 Å². The van der Waals surface area contributed by atoms with Crippen molar-refractivity contribution in [1.82, 2.24) is 4.31 Å². The van der Waals surface area contributed by atoms with Crippen LogP contribution in [0.15, 0.2) is 23.1 Å². The summed E-state index contributed by atoms with van der Waals surface area (Å²) in [5.74, 6) is 0. The molecule has 0 fully saturated rings. The summed E-state index contributed by atoms with van der Waals surface area (Å²) >= 11 is 5.68. The number of hydrogen-bond donors (Lipinski definition) is 1. The van der Waals surface area contributed by atoms with Crippen molar-refractivity contribution in [2.24, 2.45) is 11.1 Å². The molecule has 7 nitrogen and oxygen atoms in total. The topological polar surface area (TPSA) is 107 Å². The zero-order chi connectivity index (χ0) is 16.4. The third kappa shape index (κ3) is 4.13. The highest BCUT2D eigenvalue weighted by Crippen LogP contribution is 2.29. The van der Waals surface area contributed by atoms with Crippen molar-refractivity contribution in [1.29, 1.82) is 0 Å². The largest absolute Gasteiger partial charge is 0.330 e. The van der Waals surface area contributed by atoms with Crippen LogP contribution in [-0.4, -0.2) is 37.8 Å². The number of nitro benzene ring substituents is 1. The maximum Gasteiger partial charge on any atom is 0.289 e. The van der Waals surface area contributed by atoms with Crippen LogP contribution in [0.5, 0.6) is 0 Å². The molecule has 0 atom stereocenters. The second kappa shape index (κ2) is 6.27. The van der Waals surface area contributed by atoms with E-state index in [4.69, 9.17) is 17.3 Å². The lowest BCUT2D eigenvalue weighted by molar-refractivity contribution is -0.384. The first kappa shape index (κ1) is 17.8. The fourth-order valence-corrected chi connectivity index (χ4v) is 3.29. The molecule has 0 radical (unpaired) electrons. The first-order chi connectivity index (χ1) is 9.51. The summed E-state index contributed by atoms with van der Waals surface area (Å²) < 4.78 is 26.0. The van der Waals surface area contributed by atoms with Gasteiger partial charge in [-0.3, -0.25) is 10.1 Å². The number of nitro groups is 1. The van der Waals surface area contributed by atoms with Gasteiger partial charge >= 0.3 is 0 Å². The van der Waals surface area contributed by atoms with E-state index in [1.807, 2.05) is 13.8 Å². The van der Waals surface area contributed by atoms with Gasteiger partial charge in [0.05, 0.1) is 9.82 Å². The van der Waals surface area contributed by atoms with Crippen molar-refractivity contribution < 1.29 is 13.3 Å². The Bertz CT molecular complexity index is 646. The number of nitrogens with two attached hydrogens (primary N) is 1. The Kier molecular flexibility index (Phi) is 5.32. The van der Waals surface area contributed by atoms with Gasteiger partial charge in [-0.25, -0.2) is 12.7 Å². The predicted octanol–water partition coefficient (Wildman–Crippen LogP) is 1.85. The van der Waals surface area contributed by atoms with Crippen LogP contribution in [0, 0.1) is 15.5 Å². The van der Waals surface area contributed by atoms with Crippen LogP contribution < -0.4 is 5.73 Å². The number of sulfonamides is 1. The van der Waals surface area contributed by atoms with Crippen LogP contribution in [0.2, 0.25) is 5.02 Å². The number of halogens is 1. The van der Waals surface area contributed by atoms with Crippen molar-refractivity contribution in [2.45, 2.75) is 18.7 Å². The summed E-state index contributed by atoms with van der Waals surface area (Å²) in [6.07, 6.45) is 0. The van der Waals surface area contributed by atoms with Gasteiger partial charge in [-0.2, -0.15) is 0 Å². The molecule has 1 aromatic rings. The van der Waals surface area contributed by atoms with E-state index in [1.54, 1.807) is 0 Å². The zero-order valence-corrected chi connectivity index (χ0v) is 13.6. The Balaban J connectivity index is 3.19. The zero-order valence-electron chi connectivity index (χ0n) is 12.0. The molecule has 118 valence electrons. The summed E-state index contributed by atoms with van der Waals surface area (Å²) in [4.78, 5) is 9.95.